The van der Waals surface area contributed by atoms with E-state index in [1.54, 1.807) is 11.9 Å². The maximum Gasteiger partial charge on any atom is 0.0485 e. The van der Waals surface area contributed by atoms with Gasteiger partial charge in [0.05, 0.1) is 0 Å². The van der Waals surface area contributed by atoms with Crippen molar-refractivity contribution in [3.8, 4) is 0 Å². The van der Waals surface area contributed by atoms with E-state index in [-0.39, 0.29) is 0 Å². The van der Waals surface area contributed by atoms with Crippen molar-refractivity contribution in [1.82, 2.24) is 0 Å². The number of rotatable bonds is 6. The third-order valence-corrected chi connectivity index (χ3v) is 4.97. The molecule has 2 aromatic carbocycles. The summed E-state index contributed by atoms with van der Waals surface area (Å²) in [6.45, 7) is 9.46. The molecule has 1 aliphatic rings. The molecule has 0 spiro atoms. The molecule has 0 aromatic heterocycles. The Balaban J connectivity index is 1.65. The molecular weight excluding hydrogens is 312 g/mol. The van der Waals surface area contributed by atoms with Gasteiger partial charge in [0.25, 0.3) is 0 Å². The van der Waals surface area contributed by atoms with Gasteiger partial charge in [-0.25, -0.2) is 0 Å². The minimum atomic E-state index is 0.950. The van der Waals surface area contributed by atoms with Crippen molar-refractivity contribution in [1.29, 1.82) is 0 Å². The van der Waals surface area contributed by atoms with E-state index in [1.165, 1.54) is 22.4 Å². The zero-order chi connectivity index (χ0) is 16.9. The molecule has 24 heavy (non-hydrogen) atoms. The number of hydrogen-bond donors (Lipinski definition) is 1. The average molecular weight is 337 g/mol. The standard InChI is InChI=1S/C21H24N2S/c1-4-13-23-17(3)7-10-19-14-20(11-12-21(19)23)22-24-15-18-8-5-16(2)6-9-18/h5-12,14,22H,3-4,13,15H2,1-2H3. The number of fused-ring (bicyclic) bond motifs is 1. The molecule has 0 bridgehead atoms. The first-order chi connectivity index (χ1) is 11.7. The van der Waals surface area contributed by atoms with Crippen molar-refractivity contribution in [3.05, 3.63) is 77.5 Å². The van der Waals surface area contributed by atoms with Gasteiger partial charge < -0.3 is 9.62 Å². The van der Waals surface area contributed by atoms with Crippen molar-refractivity contribution >= 4 is 29.4 Å². The quantitative estimate of drug-likeness (QED) is 0.650. The summed E-state index contributed by atoms with van der Waals surface area (Å²) in [6.07, 6.45) is 5.36. The second kappa shape index (κ2) is 7.63. The number of anilines is 2. The number of aryl methyl sites for hydroxylation is 1. The summed E-state index contributed by atoms with van der Waals surface area (Å²) in [7, 11) is 0. The third kappa shape index (κ3) is 3.85. The zero-order valence-corrected chi connectivity index (χ0v) is 15.2. The molecule has 0 amide bonds. The Morgan fingerprint density at radius 1 is 1.08 bits per heavy atom. The smallest absolute Gasteiger partial charge is 0.0485 e. The van der Waals surface area contributed by atoms with Crippen LogP contribution < -0.4 is 9.62 Å². The molecule has 0 fully saturated rings. The van der Waals surface area contributed by atoms with Gasteiger partial charge in [0.15, 0.2) is 0 Å². The van der Waals surface area contributed by atoms with Crippen LogP contribution in [-0.2, 0) is 5.75 Å². The fraction of sp³-hybridized carbons (Fsp3) is 0.238. The highest BCUT2D eigenvalue weighted by Crippen LogP contribution is 2.33. The molecule has 0 aliphatic carbocycles. The van der Waals surface area contributed by atoms with Crippen molar-refractivity contribution in [2.75, 3.05) is 16.2 Å². The van der Waals surface area contributed by atoms with Crippen LogP contribution in [0.4, 0.5) is 11.4 Å². The van der Waals surface area contributed by atoms with Crippen LogP contribution in [0.1, 0.15) is 30.0 Å². The van der Waals surface area contributed by atoms with E-state index in [0.29, 0.717) is 0 Å². The summed E-state index contributed by atoms with van der Waals surface area (Å²) in [5.74, 6) is 0.950. The number of nitrogens with one attached hydrogen (secondary N) is 1. The molecule has 3 rings (SSSR count). The van der Waals surface area contributed by atoms with Gasteiger partial charge in [-0.15, -0.1) is 0 Å². The van der Waals surface area contributed by atoms with E-state index >= 15 is 0 Å². The van der Waals surface area contributed by atoms with Gasteiger partial charge >= 0.3 is 0 Å². The summed E-state index contributed by atoms with van der Waals surface area (Å²) >= 11 is 1.72. The highest BCUT2D eigenvalue weighted by atomic mass is 32.2. The lowest BCUT2D eigenvalue weighted by Crippen LogP contribution is -2.24. The summed E-state index contributed by atoms with van der Waals surface area (Å²) in [5, 5.41) is 0. The van der Waals surface area contributed by atoms with Gasteiger partial charge in [-0.05, 0) is 55.1 Å². The third-order valence-electron chi connectivity index (χ3n) is 4.12. The minimum Gasteiger partial charge on any atom is -0.342 e. The highest BCUT2D eigenvalue weighted by molar-refractivity contribution is 7.99. The molecule has 3 heteroatoms. The van der Waals surface area contributed by atoms with Gasteiger partial charge in [-0.2, -0.15) is 0 Å². The van der Waals surface area contributed by atoms with E-state index in [9.17, 15) is 0 Å². The Morgan fingerprint density at radius 3 is 2.62 bits per heavy atom. The molecule has 0 unspecified atom stereocenters. The van der Waals surface area contributed by atoms with Gasteiger partial charge in [0.2, 0.25) is 0 Å². The van der Waals surface area contributed by atoms with Crippen LogP contribution in [0.15, 0.2) is 60.8 Å². The van der Waals surface area contributed by atoms with Crippen molar-refractivity contribution < 1.29 is 0 Å². The second-order valence-corrected chi connectivity index (χ2v) is 6.91. The molecule has 1 aliphatic heterocycles. The van der Waals surface area contributed by atoms with Gasteiger partial charge in [0.1, 0.15) is 0 Å². The van der Waals surface area contributed by atoms with E-state index in [1.807, 2.05) is 0 Å². The van der Waals surface area contributed by atoms with Crippen LogP contribution >= 0.6 is 11.9 Å². The van der Waals surface area contributed by atoms with Crippen molar-refractivity contribution in [3.63, 3.8) is 0 Å². The molecule has 0 radical (unpaired) electrons. The maximum absolute atomic E-state index is 4.14. The van der Waals surface area contributed by atoms with E-state index in [0.717, 1.165) is 30.1 Å². The van der Waals surface area contributed by atoms with Crippen molar-refractivity contribution in [2.45, 2.75) is 26.0 Å². The molecule has 2 nitrogen and oxygen atoms in total. The molecular formula is C21H24N2S. The fourth-order valence-corrected chi connectivity index (χ4v) is 3.53. The Morgan fingerprint density at radius 2 is 1.88 bits per heavy atom. The molecule has 0 saturated carbocycles. The van der Waals surface area contributed by atoms with Crippen LogP contribution in [-0.4, -0.2) is 6.54 Å². The lowest BCUT2D eigenvalue weighted by Gasteiger charge is -2.29. The van der Waals surface area contributed by atoms with E-state index < -0.39 is 0 Å². The minimum absolute atomic E-state index is 0.950. The second-order valence-electron chi connectivity index (χ2n) is 6.13. The zero-order valence-electron chi connectivity index (χ0n) is 14.4. The molecule has 0 saturated heterocycles. The number of benzene rings is 2. The van der Waals surface area contributed by atoms with Crippen molar-refractivity contribution in [2.24, 2.45) is 0 Å². The van der Waals surface area contributed by atoms with Crippen LogP contribution in [0.25, 0.3) is 6.08 Å². The molecule has 1 N–H and O–H groups in total. The summed E-state index contributed by atoms with van der Waals surface area (Å²) in [4.78, 5) is 2.29. The largest absolute Gasteiger partial charge is 0.342 e. The summed E-state index contributed by atoms with van der Waals surface area (Å²) in [5.41, 5.74) is 7.34. The Hall–Kier alpha value is -2.13. The Bertz CT molecular complexity index is 747. The number of hydrogen-bond acceptors (Lipinski definition) is 3. The first-order valence-corrected chi connectivity index (χ1v) is 9.38. The topological polar surface area (TPSA) is 15.3 Å². The first kappa shape index (κ1) is 16.7. The summed E-state index contributed by atoms with van der Waals surface area (Å²) in [6, 6.07) is 15.2. The maximum atomic E-state index is 4.14. The number of allylic oxidation sites excluding steroid dienone is 1. The highest BCUT2D eigenvalue weighted by Gasteiger charge is 2.15. The van der Waals surface area contributed by atoms with Crippen LogP contribution in [0, 0.1) is 6.92 Å². The average Bonchev–Trinajstić information content (AvgIpc) is 2.59. The Labute approximate surface area is 149 Å². The predicted molar refractivity (Wildman–Crippen MR) is 108 cm³/mol. The molecule has 124 valence electrons. The monoisotopic (exact) mass is 336 g/mol. The lowest BCUT2D eigenvalue weighted by molar-refractivity contribution is 0.859. The van der Waals surface area contributed by atoms with Gasteiger partial charge in [-0.1, -0.05) is 49.4 Å². The van der Waals surface area contributed by atoms with Gasteiger partial charge in [-0.3, -0.25) is 0 Å². The number of nitrogens with zero attached hydrogens (tertiary/aromatic N) is 1. The van der Waals surface area contributed by atoms with Gasteiger partial charge in [0, 0.05) is 34.9 Å². The van der Waals surface area contributed by atoms with Crippen LogP contribution in [0.3, 0.4) is 0 Å². The van der Waals surface area contributed by atoms with E-state index in [2.05, 4.69) is 84.7 Å². The lowest BCUT2D eigenvalue weighted by atomic mass is 10.1. The predicted octanol–water partition coefficient (Wildman–Crippen LogP) is 6.01. The summed E-state index contributed by atoms with van der Waals surface area (Å²) < 4.78 is 3.46. The van der Waals surface area contributed by atoms with Crippen LogP contribution in [0.5, 0.6) is 0 Å². The SMILES string of the molecule is C=C1C=Cc2cc(NSCc3ccc(C)cc3)ccc2N1CCC. The Kier molecular flexibility index (Phi) is 5.31. The van der Waals surface area contributed by atoms with Crippen LogP contribution in [0.2, 0.25) is 0 Å². The van der Waals surface area contributed by atoms with E-state index in [4.69, 9.17) is 0 Å². The normalized spacial score (nSPS) is 13.1. The first-order valence-electron chi connectivity index (χ1n) is 8.39. The molecule has 0 atom stereocenters. The fourth-order valence-electron chi connectivity index (χ4n) is 2.80. The molecule has 1 heterocycles. The molecule has 2 aromatic rings.